The Kier molecular flexibility index (Phi) is 5.07. The average molecular weight is 357 g/mol. The molecular formula is C21H21ClOS. The van der Waals surface area contributed by atoms with E-state index in [1.54, 1.807) is 0 Å². The minimum atomic E-state index is -1.24. The van der Waals surface area contributed by atoms with E-state index in [-0.39, 0.29) is 5.41 Å². The normalized spacial score (nSPS) is 14.5. The van der Waals surface area contributed by atoms with Crippen LogP contribution in [0, 0.1) is 5.41 Å². The van der Waals surface area contributed by atoms with Gasteiger partial charge in [0.1, 0.15) is 4.71 Å². The molecule has 24 heavy (non-hydrogen) atoms. The minimum Gasteiger partial charge on any atom is -0.253 e. The molecule has 0 saturated heterocycles. The molecule has 0 fully saturated rings. The first-order valence-electron chi connectivity index (χ1n) is 8.05. The number of hydrogen-bond acceptors (Lipinski definition) is 1. The van der Waals surface area contributed by atoms with Crippen molar-refractivity contribution in [3.05, 3.63) is 78.4 Å². The molecule has 0 aromatic heterocycles. The van der Waals surface area contributed by atoms with E-state index < -0.39 is 15.5 Å². The molecule has 2 atom stereocenters. The number of hydrogen-bond donors (Lipinski definition) is 0. The molecule has 0 bridgehead atoms. The van der Waals surface area contributed by atoms with E-state index >= 15 is 0 Å². The zero-order valence-electron chi connectivity index (χ0n) is 13.9. The maximum atomic E-state index is 12.8. The summed E-state index contributed by atoms with van der Waals surface area (Å²) in [6.45, 7) is 4.18. The van der Waals surface area contributed by atoms with Crippen LogP contribution >= 0.6 is 11.6 Å². The van der Waals surface area contributed by atoms with Gasteiger partial charge >= 0.3 is 0 Å². The summed E-state index contributed by atoms with van der Waals surface area (Å²) in [5.74, 6) is 0. The van der Waals surface area contributed by atoms with Gasteiger partial charge in [0.05, 0.1) is 10.8 Å². The highest BCUT2D eigenvalue weighted by Crippen LogP contribution is 2.36. The largest absolute Gasteiger partial charge is 0.253 e. The van der Waals surface area contributed by atoms with Gasteiger partial charge in [-0.25, -0.2) is 0 Å². The Hall–Kier alpha value is -1.64. The van der Waals surface area contributed by atoms with E-state index in [9.17, 15) is 4.21 Å². The number of fused-ring (bicyclic) bond motifs is 1. The molecule has 0 aliphatic rings. The molecule has 0 aliphatic heterocycles. The second-order valence-electron chi connectivity index (χ2n) is 6.73. The lowest BCUT2D eigenvalue weighted by molar-refractivity contribution is 0.395. The fourth-order valence-corrected chi connectivity index (χ4v) is 4.69. The standard InChI is InChI=1S/C21H21ClOS/c1-21(2,20(22)24(23)18-12-4-3-5-13-18)15-17-11-8-10-16-9-6-7-14-19(16)17/h3-14,20H,15H2,1-2H3. The lowest BCUT2D eigenvalue weighted by Gasteiger charge is -2.30. The van der Waals surface area contributed by atoms with Crippen LogP contribution in [0.15, 0.2) is 77.7 Å². The third-order valence-electron chi connectivity index (χ3n) is 4.30. The molecule has 1 nitrogen and oxygen atoms in total. The molecule has 3 heteroatoms. The summed E-state index contributed by atoms with van der Waals surface area (Å²) in [6.07, 6.45) is 0.779. The van der Waals surface area contributed by atoms with E-state index in [1.807, 2.05) is 36.4 Å². The molecule has 2 unspecified atom stereocenters. The highest BCUT2D eigenvalue weighted by molar-refractivity contribution is 7.87. The van der Waals surface area contributed by atoms with Gasteiger partial charge in [-0.1, -0.05) is 74.5 Å². The van der Waals surface area contributed by atoms with Crippen LogP contribution in [0.2, 0.25) is 0 Å². The van der Waals surface area contributed by atoms with Crippen LogP contribution in [-0.4, -0.2) is 8.92 Å². The van der Waals surface area contributed by atoms with Crippen molar-refractivity contribution < 1.29 is 4.21 Å². The summed E-state index contributed by atoms with van der Waals surface area (Å²) < 4.78 is 12.4. The van der Waals surface area contributed by atoms with Gasteiger partial charge in [-0.15, -0.1) is 11.6 Å². The van der Waals surface area contributed by atoms with Crippen LogP contribution in [0.25, 0.3) is 10.8 Å². The van der Waals surface area contributed by atoms with E-state index in [0.29, 0.717) is 0 Å². The van der Waals surface area contributed by atoms with Crippen LogP contribution in [0.3, 0.4) is 0 Å². The number of benzene rings is 3. The predicted octanol–water partition coefficient (Wildman–Crippen LogP) is 5.78. The van der Waals surface area contributed by atoms with Gasteiger partial charge in [0.25, 0.3) is 0 Å². The second kappa shape index (κ2) is 7.08. The monoisotopic (exact) mass is 356 g/mol. The minimum absolute atomic E-state index is 0.299. The van der Waals surface area contributed by atoms with Gasteiger partial charge in [-0.05, 0) is 40.3 Å². The van der Waals surface area contributed by atoms with Gasteiger partial charge in [0, 0.05) is 4.90 Å². The Morgan fingerprint density at radius 1 is 0.917 bits per heavy atom. The Bertz CT molecular complexity index is 853. The maximum Gasteiger partial charge on any atom is 0.119 e. The summed E-state index contributed by atoms with van der Waals surface area (Å²) >= 11 is 6.66. The summed E-state index contributed by atoms with van der Waals surface area (Å²) in [6, 6.07) is 24.2. The highest BCUT2D eigenvalue weighted by atomic mass is 35.5. The Balaban J connectivity index is 1.88. The van der Waals surface area contributed by atoms with Crippen molar-refractivity contribution in [3.63, 3.8) is 0 Å². The Morgan fingerprint density at radius 2 is 1.54 bits per heavy atom. The fourth-order valence-electron chi connectivity index (χ4n) is 2.98. The van der Waals surface area contributed by atoms with Crippen LogP contribution in [0.4, 0.5) is 0 Å². The molecule has 0 radical (unpaired) electrons. The number of alkyl halides is 1. The highest BCUT2D eigenvalue weighted by Gasteiger charge is 2.33. The van der Waals surface area contributed by atoms with Crippen molar-refractivity contribution in [3.8, 4) is 0 Å². The van der Waals surface area contributed by atoms with Gasteiger partial charge in [0.2, 0.25) is 0 Å². The first-order chi connectivity index (χ1) is 11.5. The third-order valence-corrected chi connectivity index (χ3v) is 7.13. The summed E-state index contributed by atoms with van der Waals surface area (Å²) in [7, 11) is -1.24. The topological polar surface area (TPSA) is 17.1 Å². The van der Waals surface area contributed by atoms with Crippen molar-refractivity contribution in [1.82, 2.24) is 0 Å². The van der Waals surface area contributed by atoms with Crippen molar-refractivity contribution in [1.29, 1.82) is 0 Å². The summed E-state index contributed by atoms with van der Waals surface area (Å²) in [5.41, 5.74) is 0.945. The number of rotatable bonds is 5. The molecule has 124 valence electrons. The van der Waals surface area contributed by atoms with Gasteiger partial charge < -0.3 is 0 Å². The molecule has 0 amide bonds. The molecule has 0 N–H and O–H groups in total. The zero-order valence-corrected chi connectivity index (χ0v) is 15.5. The molecule has 3 aromatic carbocycles. The van der Waals surface area contributed by atoms with E-state index in [0.717, 1.165) is 11.3 Å². The van der Waals surface area contributed by atoms with Crippen molar-refractivity contribution in [2.75, 3.05) is 0 Å². The van der Waals surface area contributed by atoms with E-state index in [1.165, 1.54) is 16.3 Å². The SMILES string of the molecule is CC(C)(Cc1cccc2ccccc12)C(Cl)S(=O)c1ccccc1. The van der Waals surface area contributed by atoms with Crippen molar-refractivity contribution >= 4 is 33.2 Å². The zero-order chi connectivity index (χ0) is 17.2. The van der Waals surface area contributed by atoms with Gasteiger partial charge in [-0.2, -0.15) is 0 Å². The lowest BCUT2D eigenvalue weighted by atomic mass is 9.85. The number of halogens is 1. The fraction of sp³-hybridized carbons (Fsp3) is 0.238. The summed E-state index contributed by atoms with van der Waals surface area (Å²) in [5, 5.41) is 2.46. The van der Waals surface area contributed by atoms with Crippen molar-refractivity contribution in [2.45, 2.75) is 29.9 Å². The quantitative estimate of drug-likeness (QED) is 0.529. The molecule has 0 saturated carbocycles. The maximum absolute atomic E-state index is 12.8. The van der Waals surface area contributed by atoms with Crippen LogP contribution in [0.5, 0.6) is 0 Å². The van der Waals surface area contributed by atoms with Crippen LogP contribution in [-0.2, 0) is 17.2 Å². The van der Waals surface area contributed by atoms with Crippen LogP contribution in [0.1, 0.15) is 19.4 Å². The van der Waals surface area contributed by atoms with E-state index in [4.69, 9.17) is 11.6 Å². The van der Waals surface area contributed by atoms with Crippen molar-refractivity contribution in [2.24, 2.45) is 5.41 Å². The molecule has 3 rings (SSSR count). The lowest BCUT2D eigenvalue weighted by Crippen LogP contribution is -2.31. The first kappa shape index (κ1) is 17.2. The Labute approximate surface area is 151 Å². The second-order valence-corrected chi connectivity index (χ2v) is 8.96. The molecular weight excluding hydrogens is 336 g/mol. The molecule has 0 spiro atoms. The van der Waals surface area contributed by atoms with E-state index in [2.05, 4.69) is 50.2 Å². The summed E-state index contributed by atoms with van der Waals surface area (Å²) in [4.78, 5) is 0.781. The van der Waals surface area contributed by atoms with Crippen LogP contribution < -0.4 is 0 Å². The average Bonchev–Trinajstić information content (AvgIpc) is 2.61. The first-order valence-corrected chi connectivity index (χ1v) is 9.70. The molecule has 0 heterocycles. The smallest absolute Gasteiger partial charge is 0.119 e. The molecule has 3 aromatic rings. The van der Waals surface area contributed by atoms with Gasteiger partial charge in [0.15, 0.2) is 0 Å². The van der Waals surface area contributed by atoms with Gasteiger partial charge in [-0.3, -0.25) is 4.21 Å². The molecule has 0 aliphatic carbocycles. The Morgan fingerprint density at radius 3 is 2.29 bits per heavy atom. The third kappa shape index (κ3) is 3.55. The predicted molar refractivity (Wildman–Crippen MR) is 104 cm³/mol.